The first-order valence-corrected chi connectivity index (χ1v) is 10.0. The molecule has 2 N–H and O–H groups in total. The van der Waals surface area contributed by atoms with E-state index in [1.807, 2.05) is 19.1 Å². The summed E-state index contributed by atoms with van der Waals surface area (Å²) in [6.07, 6.45) is 2.30. The zero-order valence-corrected chi connectivity index (χ0v) is 16.8. The summed E-state index contributed by atoms with van der Waals surface area (Å²) in [5, 5.41) is 13.1. The van der Waals surface area contributed by atoms with E-state index in [1.165, 1.54) is 22.0 Å². The zero-order valence-electron chi connectivity index (χ0n) is 16.0. The Morgan fingerprint density at radius 1 is 1.19 bits per heavy atom. The second-order valence-electron chi connectivity index (χ2n) is 8.03. The first-order chi connectivity index (χ1) is 12.8. The van der Waals surface area contributed by atoms with Gasteiger partial charge >= 0.3 is 0 Å². The second-order valence-corrected chi connectivity index (χ2v) is 9.34. The van der Waals surface area contributed by atoms with E-state index >= 15 is 0 Å². The lowest BCUT2D eigenvalue weighted by molar-refractivity contribution is 0.374. The van der Waals surface area contributed by atoms with Gasteiger partial charge in [-0.05, 0) is 30.7 Å². The summed E-state index contributed by atoms with van der Waals surface area (Å²) < 4.78 is 6.92. The van der Waals surface area contributed by atoms with E-state index in [-0.39, 0.29) is 10.7 Å². The van der Waals surface area contributed by atoms with Gasteiger partial charge in [0, 0.05) is 11.5 Å². The van der Waals surface area contributed by atoms with E-state index in [0.29, 0.717) is 22.8 Å². The summed E-state index contributed by atoms with van der Waals surface area (Å²) in [4.78, 5) is 4.50. The van der Waals surface area contributed by atoms with E-state index < -0.39 is 0 Å². The summed E-state index contributed by atoms with van der Waals surface area (Å²) in [5.74, 6) is 8.77. The highest BCUT2D eigenvalue weighted by Gasteiger charge is 2.30. The molecule has 8 heteroatoms. The molecule has 1 aliphatic rings. The van der Waals surface area contributed by atoms with Crippen LogP contribution in [0.25, 0.3) is 11.4 Å². The van der Waals surface area contributed by atoms with Gasteiger partial charge in [-0.25, -0.2) is 4.68 Å². The summed E-state index contributed by atoms with van der Waals surface area (Å²) >= 11 is 1.46. The van der Waals surface area contributed by atoms with Crippen LogP contribution in [0.3, 0.4) is 0 Å². The minimum absolute atomic E-state index is 0.0485. The van der Waals surface area contributed by atoms with Crippen molar-refractivity contribution >= 4 is 11.8 Å². The monoisotopic (exact) mass is 384 g/mol. The summed E-state index contributed by atoms with van der Waals surface area (Å²) in [7, 11) is 0. The number of hydrogen-bond acceptors (Lipinski definition) is 7. The predicted octanol–water partition coefficient (Wildman–Crippen LogP) is 4.07. The van der Waals surface area contributed by atoms with Gasteiger partial charge in [-0.1, -0.05) is 62.0 Å². The molecule has 1 unspecified atom stereocenters. The Kier molecular flexibility index (Phi) is 4.46. The molecule has 2 aromatic heterocycles. The van der Waals surface area contributed by atoms with Crippen molar-refractivity contribution in [1.82, 2.24) is 25.0 Å². The van der Waals surface area contributed by atoms with Crippen molar-refractivity contribution in [1.29, 1.82) is 0 Å². The van der Waals surface area contributed by atoms with Gasteiger partial charge in [0.1, 0.15) is 0 Å². The molecule has 4 rings (SSSR count). The smallest absolute Gasteiger partial charge is 0.239 e. The minimum Gasteiger partial charge on any atom is -0.338 e. The van der Waals surface area contributed by atoms with E-state index in [9.17, 15) is 0 Å². The van der Waals surface area contributed by atoms with E-state index in [0.717, 1.165) is 24.2 Å². The molecule has 27 heavy (non-hydrogen) atoms. The number of aromatic nitrogens is 5. The van der Waals surface area contributed by atoms with E-state index in [1.54, 1.807) is 0 Å². The van der Waals surface area contributed by atoms with Crippen molar-refractivity contribution < 1.29 is 4.52 Å². The fraction of sp³-hybridized carbons (Fsp3) is 0.474. The maximum absolute atomic E-state index is 6.25. The fourth-order valence-electron chi connectivity index (χ4n) is 2.80. The highest BCUT2D eigenvalue weighted by molar-refractivity contribution is 7.99. The van der Waals surface area contributed by atoms with Crippen LogP contribution in [0.4, 0.5) is 0 Å². The second kappa shape index (κ2) is 6.67. The van der Waals surface area contributed by atoms with Crippen molar-refractivity contribution in [2.75, 3.05) is 5.84 Å². The SMILES string of the molecule is CC(Sc1nnc(-c2ccc(C(C)(C)C)cc2)n1N)c1nc(C2CC2)no1. The molecule has 7 nitrogen and oxygen atoms in total. The molecule has 142 valence electrons. The highest BCUT2D eigenvalue weighted by atomic mass is 32.2. The first kappa shape index (κ1) is 18.0. The molecule has 1 fully saturated rings. The van der Waals surface area contributed by atoms with Crippen LogP contribution in [-0.4, -0.2) is 25.0 Å². The molecule has 0 radical (unpaired) electrons. The lowest BCUT2D eigenvalue weighted by Crippen LogP contribution is -2.13. The highest BCUT2D eigenvalue weighted by Crippen LogP contribution is 2.40. The van der Waals surface area contributed by atoms with Gasteiger partial charge in [-0.2, -0.15) is 4.98 Å². The van der Waals surface area contributed by atoms with Gasteiger partial charge in [0.2, 0.25) is 11.0 Å². The van der Waals surface area contributed by atoms with Gasteiger partial charge in [0.25, 0.3) is 0 Å². The number of thioether (sulfide) groups is 1. The van der Waals surface area contributed by atoms with Gasteiger partial charge in [0.15, 0.2) is 11.6 Å². The van der Waals surface area contributed by atoms with Crippen molar-refractivity contribution in [3.63, 3.8) is 0 Å². The molecule has 0 saturated heterocycles. The summed E-state index contributed by atoms with van der Waals surface area (Å²) in [6.45, 7) is 8.57. The standard InChI is InChI=1S/C19H24N6OS/c1-11(17-21-15(24-26-17)12-5-6-12)27-18-23-22-16(25(18)20)13-7-9-14(10-8-13)19(2,3)4/h7-12H,5-6,20H2,1-4H3. The predicted molar refractivity (Wildman–Crippen MR) is 105 cm³/mol. The normalized spacial score (nSPS) is 15.9. The lowest BCUT2D eigenvalue weighted by Gasteiger charge is -2.19. The molecule has 2 heterocycles. The molecule has 1 aromatic carbocycles. The maximum Gasteiger partial charge on any atom is 0.239 e. The fourth-order valence-corrected chi connectivity index (χ4v) is 3.60. The average Bonchev–Trinajstić information content (AvgIpc) is 3.25. The molecule has 0 bridgehead atoms. The topological polar surface area (TPSA) is 95.7 Å². The minimum atomic E-state index is -0.0485. The Balaban J connectivity index is 1.51. The lowest BCUT2D eigenvalue weighted by atomic mass is 9.87. The van der Waals surface area contributed by atoms with Crippen molar-refractivity contribution in [3.05, 3.63) is 41.5 Å². The quantitative estimate of drug-likeness (QED) is 0.523. The van der Waals surface area contributed by atoms with Crippen molar-refractivity contribution in [3.8, 4) is 11.4 Å². The van der Waals surface area contributed by atoms with Crippen LogP contribution in [0.5, 0.6) is 0 Å². The molecular formula is C19H24N6OS. The number of rotatable bonds is 5. The average molecular weight is 385 g/mol. The zero-order chi connectivity index (χ0) is 19.2. The van der Waals surface area contributed by atoms with Crippen LogP contribution >= 0.6 is 11.8 Å². The summed E-state index contributed by atoms with van der Waals surface area (Å²) in [6, 6.07) is 8.28. The van der Waals surface area contributed by atoms with E-state index in [2.05, 4.69) is 53.2 Å². The molecule has 0 amide bonds. The van der Waals surface area contributed by atoms with Gasteiger partial charge in [-0.3, -0.25) is 0 Å². The maximum atomic E-state index is 6.25. The van der Waals surface area contributed by atoms with Crippen LogP contribution < -0.4 is 5.84 Å². The van der Waals surface area contributed by atoms with Crippen LogP contribution in [0.1, 0.15) is 69.0 Å². The van der Waals surface area contributed by atoms with Gasteiger partial charge in [-0.15, -0.1) is 10.2 Å². The van der Waals surface area contributed by atoms with Crippen LogP contribution in [-0.2, 0) is 5.41 Å². The Hall–Kier alpha value is -2.35. The Bertz CT molecular complexity index is 936. The van der Waals surface area contributed by atoms with E-state index in [4.69, 9.17) is 10.4 Å². The number of nitrogen functional groups attached to an aromatic ring is 1. The Labute approximate surface area is 162 Å². The number of nitrogens with zero attached hydrogens (tertiary/aromatic N) is 5. The third-order valence-electron chi connectivity index (χ3n) is 4.70. The third-order valence-corrected chi connectivity index (χ3v) is 5.75. The molecule has 1 aliphatic carbocycles. The molecule has 1 saturated carbocycles. The van der Waals surface area contributed by atoms with Gasteiger partial charge in [0.05, 0.1) is 5.25 Å². The third kappa shape index (κ3) is 3.71. The largest absolute Gasteiger partial charge is 0.338 e. The van der Waals surface area contributed by atoms with Crippen molar-refractivity contribution in [2.24, 2.45) is 0 Å². The van der Waals surface area contributed by atoms with Crippen LogP contribution in [0.2, 0.25) is 0 Å². The Morgan fingerprint density at radius 3 is 2.52 bits per heavy atom. The number of benzene rings is 1. The molecule has 0 spiro atoms. The summed E-state index contributed by atoms with van der Waals surface area (Å²) in [5.41, 5.74) is 2.31. The van der Waals surface area contributed by atoms with Crippen LogP contribution in [0, 0.1) is 0 Å². The number of nitrogens with two attached hydrogens (primary N) is 1. The molecule has 3 aromatic rings. The molecule has 0 aliphatic heterocycles. The molecular weight excluding hydrogens is 360 g/mol. The Morgan fingerprint density at radius 2 is 1.89 bits per heavy atom. The molecule has 1 atom stereocenters. The number of hydrogen-bond donors (Lipinski definition) is 1. The van der Waals surface area contributed by atoms with Crippen LogP contribution in [0.15, 0.2) is 33.9 Å². The van der Waals surface area contributed by atoms with Crippen molar-refractivity contribution in [2.45, 2.75) is 62.3 Å². The first-order valence-electron chi connectivity index (χ1n) is 9.14. The van der Waals surface area contributed by atoms with Gasteiger partial charge < -0.3 is 10.4 Å².